The third kappa shape index (κ3) is 4.99. The Bertz CT molecular complexity index is 1310. The SMILES string of the molecule is N=C1C=C(N)/C(=N\c2ccc(S(=O)(=O)O)cc2)C=C1Nc1ccc(S(=O)(=O)O)cc1. The lowest BCUT2D eigenvalue weighted by Gasteiger charge is -2.16. The molecule has 0 aromatic heterocycles. The molecule has 0 bridgehead atoms. The molecule has 0 amide bonds. The Balaban J connectivity index is 1.88. The Morgan fingerprint density at radius 1 is 0.833 bits per heavy atom. The summed E-state index contributed by atoms with van der Waals surface area (Å²) < 4.78 is 62.5. The third-order valence-corrected chi connectivity index (χ3v) is 5.72. The van der Waals surface area contributed by atoms with E-state index >= 15 is 0 Å². The van der Waals surface area contributed by atoms with Crippen LogP contribution in [0, 0.1) is 5.41 Å². The van der Waals surface area contributed by atoms with Crippen LogP contribution in [-0.4, -0.2) is 37.4 Å². The van der Waals surface area contributed by atoms with Gasteiger partial charge in [0.25, 0.3) is 20.2 Å². The molecule has 0 atom stereocenters. The third-order valence-electron chi connectivity index (χ3n) is 3.98. The van der Waals surface area contributed by atoms with Crippen molar-refractivity contribution >= 4 is 43.0 Å². The molecule has 30 heavy (non-hydrogen) atoms. The minimum atomic E-state index is -4.31. The van der Waals surface area contributed by atoms with Gasteiger partial charge < -0.3 is 11.1 Å². The summed E-state index contributed by atoms with van der Waals surface area (Å²) in [6.07, 6.45) is 2.88. The monoisotopic (exact) mass is 448 g/mol. The zero-order valence-corrected chi connectivity index (χ0v) is 16.8. The molecule has 2 aromatic rings. The molecular formula is C18H16N4O6S2. The second-order valence-electron chi connectivity index (χ2n) is 6.16. The Hall–Kier alpha value is -3.32. The first-order chi connectivity index (χ1) is 13.9. The van der Waals surface area contributed by atoms with Gasteiger partial charge in [-0.3, -0.25) is 14.5 Å². The molecular weight excluding hydrogens is 432 g/mol. The molecule has 6 N–H and O–H groups in total. The van der Waals surface area contributed by atoms with Gasteiger partial charge in [0.05, 0.1) is 38.3 Å². The van der Waals surface area contributed by atoms with E-state index in [0.717, 1.165) is 0 Å². The van der Waals surface area contributed by atoms with E-state index in [1.54, 1.807) is 0 Å². The number of hydrogen-bond donors (Lipinski definition) is 5. The minimum absolute atomic E-state index is 0.0621. The van der Waals surface area contributed by atoms with E-state index in [2.05, 4.69) is 10.3 Å². The highest BCUT2D eigenvalue weighted by molar-refractivity contribution is 7.86. The zero-order valence-electron chi connectivity index (χ0n) is 15.1. The van der Waals surface area contributed by atoms with Crippen molar-refractivity contribution in [2.75, 3.05) is 5.32 Å². The maximum atomic E-state index is 11.1. The molecule has 10 nitrogen and oxygen atoms in total. The minimum Gasteiger partial charge on any atom is -0.397 e. The highest BCUT2D eigenvalue weighted by atomic mass is 32.2. The number of aliphatic imine (C=N–C) groups is 1. The van der Waals surface area contributed by atoms with Crippen LogP contribution in [0.1, 0.15) is 0 Å². The standard InChI is InChI=1S/C18H16N4O6S2/c19-15-9-16(20)18(22-12-3-7-14(8-4-12)30(26,27)28)10-17(15)21-11-1-5-13(6-2-11)29(23,24)25/h1-10,19,21H,20H2,(H,23,24,25)(H,26,27,28)/b19-15?,22-18-. The van der Waals surface area contributed by atoms with Gasteiger partial charge in [0, 0.05) is 5.69 Å². The second-order valence-corrected chi connectivity index (χ2v) is 9.00. The predicted octanol–water partition coefficient (Wildman–Crippen LogP) is 2.12. The Morgan fingerprint density at radius 3 is 1.83 bits per heavy atom. The van der Waals surface area contributed by atoms with E-state index in [1.807, 2.05) is 0 Å². The topological polar surface area (TPSA) is 183 Å². The first-order valence-corrected chi connectivity index (χ1v) is 11.1. The molecule has 2 aromatic carbocycles. The number of nitrogens with two attached hydrogens (primary N) is 1. The van der Waals surface area contributed by atoms with Crippen molar-refractivity contribution in [3.63, 3.8) is 0 Å². The number of rotatable bonds is 5. The molecule has 12 heteroatoms. The number of benzene rings is 2. The lowest BCUT2D eigenvalue weighted by molar-refractivity contribution is 0.481. The summed E-state index contributed by atoms with van der Waals surface area (Å²) in [5.74, 6) is 0. The van der Waals surface area contributed by atoms with Crippen molar-refractivity contribution in [3.05, 3.63) is 72.1 Å². The van der Waals surface area contributed by atoms with Crippen molar-refractivity contribution < 1.29 is 25.9 Å². The van der Waals surface area contributed by atoms with Gasteiger partial charge in [0.2, 0.25) is 0 Å². The molecule has 0 heterocycles. The van der Waals surface area contributed by atoms with E-state index in [0.29, 0.717) is 22.8 Å². The van der Waals surface area contributed by atoms with Crippen molar-refractivity contribution in [1.29, 1.82) is 5.41 Å². The molecule has 0 saturated carbocycles. The van der Waals surface area contributed by atoms with Gasteiger partial charge in [-0.25, -0.2) is 4.99 Å². The van der Waals surface area contributed by atoms with Gasteiger partial charge in [0.15, 0.2) is 0 Å². The van der Waals surface area contributed by atoms with Crippen LogP contribution in [0.25, 0.3) is 0 Å². The molecule has 156 valence electrons. The Kier molecular flexibility index (Phi) is 5.59. The highest BCUT2D eigenvalue weighted by Gasteiger charge is 2.16. The fourth-order valence-corrected chi connectivity index (χ4v) is 3.46. The first kappa shape index (κ1) is 21.4. The lowest BCUT2D eigenvalue weighted by atomic mass is 10.0. The fraction of sp³-hybridized carbons (Fsp3) is 0. The second kappa shape index (κ2) is 7.84. The number of anilines is 1. The maximum absolute atomic E-state index is 11.1. The number of nitrogens with one attached hydrogen (secondary N) is 2. The molecule has 0 radical (unpaired) electrons. The number of allylic oxidation sites excluding steroid dienone is 2. The van der Waals surface area contributed by atoms with Crippen LogP contribution in [-0.2, 0) is 20.2 Å². The maximum Gasteiger partial charge on any atom is 0.294 e. The molecule has 0 unspecified atom stereocenters. The summed E-state index contributed by atoms with van der Waals surface area (Å²) in [4.78, 5) is 3.78. The quantitative estimate of drug-likeness (QED) is 0.340. The van der Waals surface area contributed by atoms with Crippen LogP contribution < -0.4 is 11.1 Å². The predicted molar refractivity (Wildman–Crippen MR) is 111 cm³/mol. The molecule has 1 aliphatic carbocycles. The van der Waals surface area contributed by atoms with Gasteiger partial charge >= 0.3 is 0 Å². The average Bonchev–Trinajstić information content (AvgIpc) is 2.65. The molecule has 0 spiro atoms. The van der Waals surface area contributed by atoms with Gasteiger partial charge in [-0.15, -0.1) is 0 Å². The summed E-state index contributed by atoms with van der Waals surface area (Å²) in [6.45, 7) is 0. The van der Waals surface area contributed by atoms with Crippen molar-refractivity contribution in [2.24, 2.45) is 10.7 Å². The first-order valence-electron chi connectivity index (χ1n) is 8.22. The highest BCUT2D eigenvalue weighted by Crippen LogP contribution is 2.21. The van der Waals surface area contributed by atoms with Crippen molar-refractivity contribution in [3.8, 4) is 0 Å². The molecule has 1 aliphatic rings. The Labute approximate surface area is 172 Å². The smallest absolute Gasteiger partial charge is 0.294 e. The summed E-state index contributed by atoms with van der Waals surface area (Å²) in [5.41, 5.74) is 7.67. The number of nitrogens with zero attached hydrogens (tertiary/aromatic N) is 1. The largest absolute Gasteiger partial charge is 0.397 e. The van der Waals surface area contributed by atoms with Crippen molar-refractivity contribution in [2.45, 2.75) is 9.79 Å². The van der Waals surface area contributed by atoms with Crippen LogP contribution in [0.15, 0.2) is 86.9 Å². The van der Waals surface area contributed by atoms with E-state index in [9.17, 15) is 16.8 Å². The van der Waals surface area contributed by atoms with Gasteiger partial charge in [0.1, 0.15) is 0 Å². The molecule has 3 rings (SSSR count). The summed E-state index contributed by atoms with van der Waals surface area (Å²) in [7, 11) is -8.62. The van der Waals surface area contributed by atoms with E-state index < -0.39 is 20.2 Å². The van der Waals surface area contributed by atoms with Crippen LogP contribution in [0.3, 0.4) is 0 Å². The number of hydrogen-bond acceptors (Lipinski definition) is 8. The van der Waals surface area contributed by atoms with Crippen LogP contribution >= 0.6 is 0 Å². The van der Waals surface area contributed by atoms with Crippen LogP contribution in [0.4, 0.5) is 11.4 Å². The fourth-order valence-electron chi connectivity index (χ4n) is 2.50. The normalized spacial score (nSPS) is 16.2. The van der Waals surface area contributed by atoms with E-state index in [4.69, 9.17) is 20.2 Å². The van der Waals surface area contributed by atoms with Gasteiger partial charge in [-0.2, -0.15) is 16.8 Å². The summed E-state index contributed by atoms with van der Waals surface area (Å²) >= 11 is 0. The zero-order chi connectivity index (χ0) is 22.1. The molecule has 0 saturated heterocycles. The molecule has 0 aliphatic heterocycles. The van der Waals surface area contributed by atoms with Gasteiger partial charge in [-0.05, 0) is 60.7 Å². The van der Waals surface area contributed by atoms with E-state index in [-0.39, 0.29) is 21.2 Å². The van der Waals surface area contributed by atoms with Crippen molar-refractivity contribution in [1.82, 2.24) is 0 Å². The Morgan fingerprint density at radius 2 is 1.33 bits per heavy atom. The van der Waals surface area contributed by atoms with Crippen LogP contribution in [0.2, 0.25) is 0 Å². The van der Waals surface area contributed by atoms with Crippen LogP contribution in [0.5, 0.6) is 0 Å². The van der Waals surface area contributed by atoms with E-state index in [1.165, 1.54) is 60.7 Å². The average molecular weight is 448 g/mol. The lowest BCUT2D eigenvalue weighted by Crippen LogP contribution is -2.21. The molecule has 0 fully saturated rings. The van der Waals surface area contributed by atoms with Gasteiger partial charge in [-0.1, -0.05) is 0 Å². The summed E-state index contributed by atoms with van der Waals surface area (Å²) in [6, 6.07) is 10.4. The summed E-state index contributed by atoms with van der Waals surface area (Å²) in [5, 5.41) is 11.0.